The molecule has 1 atom stereocenters. The minimum Gasteiger partial charge on any atom is -0.412 e. The van der Waals surface area contributed by atoms with Crippen LogP contribution in [0.3, 0.4) is 0 Å². The van der Waals surface area contributed by atoms with Crippen LogP contribution >= 0.6 is 0 Å². The molecule has 0 fully saturated rings. The topological polar surface area (TPSA) is 141 Å². The highest BCUT2D eigenvalue weighted by atomic mass is 32.2. The Balaban J connectivity index is 0. The van der Waals surface area contributed by atoms with E-state index in [2.05, 4.69) is 11.9 Å². The minimum atomic E-state index is -4.08. The summed E-state index contributed by atoms with van der Waals surface area (Å²) in [6, 6.07) is 0. The predicted molar refractivity (Wildman–Crippen MR) is 74.2 cm³/mol. The Hall–Kier alpha value is -0.960. The first-order valence-corrected chi connectivity index (χ1v) is 7.22. The number of carbonyl (C=O) groups excluding carboxylic acids is 1. The molecule has 0 radical (unpaired) electrons. The van der Waals surface area contributed by atoms with E-state index >= 15 is 0 Å². The highest BCUT2D eigenvalue weighted by Gasteiger charge is 2.29. The van der Waals surface area contributed by atoms with Gasteiger partial charge in [-0.25, -0.2) is 0 Å². The molecular formula is C11H24N2O5S. The van der Waals surface area contributed by atoms with Crippen molar-refractivity contribution in [1.82, 2.24) is 5.32 Å². The van der Waals surface area contributed by atoms with Crippen LogP contribution in [0.25, 0.3) is 0 Å². The number of hydrogen-bond acceptors (Lipinski definition) is 4. The predicted octanol–water partition coefficient (Wildman–Crippen LogP) is -0.515. The molecule has 0 bridgehead atoms. The van der Waals surface area contributed by atoms with E-state index in [9.17, 15) is 13.2 Å². The van der Waals surface area contributed by atoms with Crippen LogP contribution in [-0.2, 0) is 14.9 Å². The Bertz CT molecular complexity index is 411. The fourth-order valence-corrected chi connectivity index (χ4v) is 2.54. The van der Waals surface area contributed by atoms with Crippen molar-refractivity contribution in [3.63, 3.8) is 0 Å². The van der Waals surface area contributed by atoms with Crippen molar-refractivity contribution in [2.75, 3.05) is 12.3 Å². The summed E-state index contributed by atoms with van der Waals surface area (Å²) in [4.78, 5) is 11.2. The zero-order valence-electron chi connectivity index (χ0n) is 11.6. The molecule has 1 unspecified atom stereocenters. The smallest absolute Gasteiger partial charge is 0.265 e. The molecular weight excluding hydrogens is 272 g/mol. The lowest BCUT2D eigenvalue weighted by molar-refractivity contribution is -0.117. The van der Waals surface area contributed by atoms with Crippen molar-refractivity contribution in [3.05, 3.63) is 12.2 Å². The average molecular weight is 296 g/mol. The number of nitrogens with one attached hydrogen (secondary N) is 1. The Morgan fingerprint density at radius 1 is 1.47 bits per heavy atom. The molecule has 0 heterocycles. The number of rotatable bonds is 7. The fraction of sp³-hybridized carbons (Fsp3) is 0.727. The summed E-state index contributed by atoms with van der Waals surface area (Å²) in [7, 11) is -4.08. The van der Waals surface area contributed by atoms with Gasteiger partial charge in [0.25, 0.3) is 10.1 Å². The highest BCUT2D eigenvalue weighted by molar-refractivity contribution is 7.85. The SMILES string of the molecule is C=C(C)C(=O)NCCC(CS(=O)(=O)O)C(C)(C)N.O. The molecule has 8 heteroatoms. The fourth-order valence-electron chi connectivity index (χ4n) is 1.44. The van der Waals surface area contributed by atoms with Gasteiger partial charge in [0.1, 0.15) is 0 Å². The standard InChI is InChI=1S/C11H22N2O4S.H2O/c1-8(2)10(14)13-6-5-9(11(3,4)12)7-18(15,16)17;/h9H,1,5-7,12H2,2-4H3,(H,13,14)(H,15,16,17);1H2. The Labute approximate surface area is 114 Å². The summed E-state index contributed by atoms with van der Waals surface area (Å²) < 4.78 is 30.6. The quantitative estimate of drug-likeness (QED) is 0.428. The van der Waals surface area contributed by atoms with Crippen LogP contribution in [0.4, 0.5) is 0 Å². The van der Waals surface area contributed by atoms with Crippen LogP contribution in [0.5, 0.6) is 0 Å². The van der Waals surface area contributed by atoms with Gasteiger partial charge in [0.15, 0.2) is 0 Å². The lowest BCUT2D eigenvalue weighted by atomic mass is 9.87. The highest BCUT2D eigenvalue weighted by Crippen LogP contribution is 2.19. The molecule has 19 heavy (non-hydrogen) atoms. The Kier molecular flexibility index (Phi) is 8.13. The zero-order valence-corrected chi connectivity index (χ0v) is 12.4. The van der Waals surface area contributed by atoms with Gasteiger partial charge < -0.3 is 16.5 Å². The van der Waals surface area contributed by atoms with E-state index in [1.54, 1.807) is 20.8 Å². The van der Waals surface area contributed by atoms with Crippen molar-refractivity contribution in [3.8, 4) is 0 Å². The summed E-state index contributed by atoms with van der Waals surface area (Å²) in [5, 5.41) is 2.60. The van der Waals surface area contributed by atoms with Gasteiger partial charge >= 0.3 is 0 Å². The van der Waals surface area contributed by atoms with Gasteiger partial charge in [-0.05, 0) is 33.1 Å². The lowest BCUT2D eigenvalue weighted by Crippen LogP contribution is -2.45. The molecule has 0 aliphatic rings. The van der Waals surface area contributed by atoms with E-state index in [-0.39, 0.29) is 17.9 Å². The van der Waals surface area contributed by atoms with Crippen molar-refractivity contribution in [2.24, 2.45) is 11.7 Å². The number of hydrogen-bond donors (Lipinski definition) is 3. The zero-order chi connectivity index (χ0) is 14.6. The van der Waals surface area contributed by atoms with Crippen LogP contribution < -0.4 is 11.1 Å². The third kappa shape index (κ3) is 9.60. The second-order valence-electron chi connectivity index (χ2n) is 5.09. The summed E-state index contributed by atoms with van der Waals surface area (Å²) in [5.41, 5.74) is 5.48. The molecule has 6 N–H and O–H groups in total. The number of amides is 1. The second kappa shape index (κ2) is 7.59. The summed E-state index contributed by atoms with van der Waals surface area (Å²) in [6.07, 6.45) is 0.363. The molecule has 0 saturated heterocycles. The third-order valence-corrected chi connectivity index (χ3v) is 3.45. The van der Waals surface area contributed by atoms with Crippen LogP contribution in [0.15, 0.2) is 12.2 Å². The molecule has 0 aliphatic heterocycles. The van der Waals surface area contributed by atoms with Gasteiger partial charge in [0, 0.05) is 17.7 Å². The van der Waals surface area contributed by atoms with E-state index in [4.69, 9.17) is 10.3 Å². The lowest BCUT2D eigenvalue weighted by Gasteiger charge is -2.29. The molecule has 1 amide bonds. The van der Waals surface area contributed by atoms with Gasteiger partial charge in [0.2, 0.25) is 5.91 Å². The largest absolute Gasteiger partial charge is 0.412 e. The van der Waals surface area contributed by atoms with Gasteiger partial charge in [-0.1, -0.05) is 6.58 Å². The summed E-state index contributed by atoms with van der Waals surface area (Å²) in [6.45, 7) is 8.72. The molecule has 0 aromatic rings. The first kappa shape index (κ1) is 20.4. The van der Waals surface area contributed by atoms with Crippen LogP contribution in [0.2, 0.25) is 0 Å². The minimum absolute atomic E-state index is 0. The van der Waals surface area contributed by atoms with E-state index in [0.29, 0.717) is 12.0 Å². The molecule has 0 aromatic heterocycles. The van der Waals surface area contributed by atoms with Gasteiger partial charge in [-0.3, -0.25) is 9.35 Å². The van der Waals surface area contributed by atoms with Gasteiger partial charge in [-0.2, -0.15) is 8.42 Å². The Morgan fingerprint density at radius 3 is 2.26 bits per heavy atom. The van der Waals surface area contributed by atoms with Gasteiger partial charge in [0.05, 0.1) is 5.75 Å². The summed E-state index contributed by atoms with van der Waals surface area (Å²) in [5.74, 6) is -1.15. The maximum atomic E-state index is 11.2. The van der Waals surface area contributed by atoms with Crippen molar-refractivity contribution < 1.29 is 23.2 Å². The van der Waals surface area contributed by atoms with E-state index in [1.807, 2.05) is 0 Å². The first-order valence-electron chi connectivity index (χ1n) is 5.61. The normalized spacial score (nSPS) is 13.3. The molecule has 0 spiro atoms. The average Bonchev–Trinajstić information content (AvgIpc) is 2.12. The maximum Gasteiger partial charge on any atom is 0.265 e. The number of nitrogens with two attached hydrogens (primary N) is 1. The molecule has 0 rings (SSSR count). The van der Waals surface area contributed by atoms with E-state index in [0.717, 1.165) is 0 Å². The molecule has 0 aliphatic carbocycles. The van der Waals surface area contributed by atoms with Gasteiger partial charge in [-0.15, -0.1) is 0 Å². The van der Waals surface area contributed by atoms with Crippen LogP contribution in [-0.4, -0.2) is 42.2 Å². The number of carbonyl (C=O) groups is 1. The molecule has 7 nitrogen and oxygen atoms in total. The third-order valence-electron chi connectivity index (χ3n) is 2.63. The van der Waals surface area contributed by atoms with E-state index < -0.39 is 27.3 Å². The summed E-state index contributed by atoms with van der Waals surface area (Å²) >= 11 is 0. The molecule has 0 saturated carbocycles. The first-order chi connectivity index (χ1) is 7.93. The van der Waals surface area contributed by atoms with E-state index in [1.165, 1.54) is 0 Å². The Morgan fingerprint density at radius 2 is 1.95 bits per heavy atom. The van der Waals surface area contributed by atoms with Crippen molar-refractivity contribution in [2.45, 2.75) is 32.7 Å². The van der Waals surface area contributed by atoms with Crippen molar-refractivity contribution in [1.29, 1.82) is 0 Å². The second-order valence-corrected chi connectivity index (χ2v) is 6.59. The van der Waals surface area contributed by atoms with Crippen molar-refractivity contribution >= 4 is 16.0 Å². The molecule has 114 valence electrons. The van der Waals surface area contributed by atoms with Crippen LogP contribution in [0, 0.1) is 5.92 Å². The van der Waals surface area contributed by atoms with Crippen LogP contribution in [0.1, 0.15) is 27.2 Å². The monoisotopic (exact) mass is 296 g/mol. The molecule has 0 aromatic carbocycles. The maximum absolute atomic E-state index is 11.2.